The molecule has 2 aromatic heterocycles. The Kier molecular flexibility index (Phi) is 4.76. The van der Waals surface area contributed by atoms with E-state index in [0.717, 1.165) is 22.0 Å². The Morgan fingerprint density at radius 2 is 2.16 bits per heavy atom. The number of nitrogens with zero attached hydrogens (tertiary/aromatic N) is 2. The number of aromatic amines is 1. The average Bonchev–Trinajstić information content (AvgIpc) is 3.05. The highest BCUT2D eigenvalue weighted by atomic mass is 35.5. The van der Waals surface area contributed by atoms with Gasteiger partial charge in [0.1, 0.15) is 5.82 Å². The summed E-state index contributed by atoms with van der Waals surface area (Å²) < 4.78 is 0. The second-order valence-electron chi connectivity index (χ2n) is 5.88. The number of fused-ring (bicyclic) bond motifs is 1. The van der Waals surface area contributed by atoms with Crippen molar-refractivity contribution in [1.29, 1.82) is 0 Å². The van der Waals surface area contributed by atoms with Gasteiger partial charge in [0.2, 0.25) is 5.91 Å². The third-order valence-corrected chi connectivity index (χ3v) is 4.62. The zero-order chi connectivity index (χ0) is 18.0. The quantitative estimate of drug-likeness (QED) is 0.694. The van der Waals surface area contributed by atoms with Gasteiger partial charge in [0.25, 0.3) is 0 Å². The Balaban J connectivity index is 1.79. The van der Waals surface area contributed by atoms with Crippen molar-refractivity contribution in [3.63, 3.8) is 0 Å². The number of hydrogen-bond acceptors (Lipinski definition) is 3. The van der Waals surface area contributed by atoms with E-state index < -0.39 is 0 Å². The third-order valence-electron chi connectivity index (χ3n) is 4.30. The second-order valence-corrected chi connectivity index (χ2v) is 6.29. The van der Waals surface area contributed by atoms with Crippen molar-refractivity contribution in [3.05, 3.63) is 65.0 Å². The lowest BCUT2D eigenvalue weighted by atomic mass is 10.1. The number of nitrogen functional groups attached to an aromatic ring is 1. The van der Waals surface area contributed by atoms with Gasteiger partial charge in [0, 0.05) is 30.9 Å². The van der Waals surface area contributed by atoms with Crippen LogP contribution >= 0.6 is 11.6 Å². The van der Waals surface area contributed by atoms with Crippen molar-refractivity contribution < 1.29 is 4.79 Å². The van der Waals surface area contributed by atoms with Crippen molar-refractivity contribution in [1.82, 2.24) is 14.9 Å². The first-order valence-electron chi connectivity index (χ1n) is 7.89. The summed E-state index contributed by atoms with van der Waals surface area (Å²) in [4.78, 5) is 21.4. The second kappa shape index (κ2) is 6.99. The molecule has 1 aromatic carbocycles. The molecule has 2 heterocycles. The van der Waals surface area contributed by atoms with Crippen LogP contribution in [-0.4, -0.2) is 27.8 Å². The predicted molar refractivity (Wildman–Crippen MR) is 102 cm³/mol. The monoisotopic (exact) mass is 354 g/mol. The first-order valence-corrected chi connectivity index (χ1v) is 8.27. The van der Waals surface area contributed by atoms with Gasteiger partial charge >= 0.3 is 0 Å². The van der Waals surface area contributed by atoms with Gasteiger partial charge in [-0.15, -0.1) is 0 Å². The smallest absolute Gasteiger partial charge is 0.246 e. The molecule has 25 heavy (non-hydrogen) atoms. The van der Waals surface area contributed by atoms with Gasteiger partial charge in [-0.05, 0) is 42.3 Å². The molecule has 1 amide bonds. The number of hydrogen-bond donors (Lipinski definition) is 2. The van der Waals surface area contributed by atoms with E-state index in [1.165, 1.54) is 6.08 Å². The van der Waals surface area contributed by atoms with E-state index in [9.17, 15) is 4.79 Å². The maximum atomic E-state index is 12.5. The highest BCUT2D eigenvalue weighted by molar-refractivity contribution is 6.35. The highest BCUT2D eigenvalue weighted by Crippen LogP contribution is 2.31. The molecule has 0 saturated carbocycles. The lowest BCUT2D eigenvalue weighted by molar-refractivity contribution is -0.126. The van der Waals surface area contributed by atoms with Crippen LogP contribution in [0.4, 0.5) is 5.82 Å². The standard InChI is InChI=1S/C19H19ClN4O/c1-12(15-11-23-19-14(15)4-3-5-16(19)20)24(2)18(25)9-7-13-6-8-17(21)22-10-13/h3-12,23H,1-2H3,(H2,21,22)/b9-7+. The van der Waals surface area contributed by atoms with E-state index in [4.69, 9.17) is 17.3 Å². The van der Waals surface area contributed by atoms with Gasteiger partial charge in [-0.3, -0.25) is 4.79 Å². The van der Waals surface area contributed by atoms with Crippen molar-refractivity contribution >= 4 is 40.3 Å². The first-order chi connectivity index (χ1) is 12.0. The third kappa shape index (κ3) is 3.51. The van der Waals surface area contributed by atoms with Crippen molar-refractivity contribution in [2.75, 3.05) is 12.8 Å². The minimum absolute atomic E-state index is 0.0966. The summed E-state index contributed by atoms with van der Waals surface area (Å²) in [6.45, 7) is 1.99. The summed E-state index contributed by atoms with van der Waals surface area (Å²) in [5.74, 6) is 0.355. The van der Waals surface area contributed by atoms with Crippen LogP contribution in [0.1, 0.15) is 24.1 Å². The first kappa shape index (κ1) is 17.0. The molecule has 0 spiro atoms. The highest BCUT2D eigenvalue weighted by Gasteiger charge is 2.19. The number of H-pyrrole nitrogens is 1. The topological polar surface area (TPSA) is 75.0 Å². The van der Waals surface area contributed by atoms with Crippen LogP contribution in [0.15, 0.2) is 48.8 Å². The Morgan fingerprint density at radius 3 is 2.88 bits per heavy atom. The van der Waals surface area contributed by atoms with Crippen LogP contribution in [0.25, 0.3) is 17.0 Å². The van der Waals surface area contributed by atoms with Crippen LogP contribution in [0.3, 0.4) is 0 Å². The van der Waals surface area contributed by atoms with E-state index >= 15 is 0 Å². The Hall–Kier alpha value is -2.79. The normalized spacial score (nSPS) is 12.6. The number of carbonyl (C=O) groups is 1. The number of pyridine rings is 1. The molecular formula is C19H19ClN4O. The van der Waals surface area contributed by atoms with Gasteiger partial charge in [0.15, 0.2) is 0 Å². The summed E-state index contributed by atoms with van der Waals surface area (Å²) in [5, 5.41) is 1.69. The van der Waals surface area contributed by atoms with E-state index in [2.05, 4.69) is 9.97 Å². The SMILES string of the molecule is CC(c1c[nH]c2c(Cl)cccc12)N(C)C(=O)/C=C/c1ccc(N)nc1. The van der Waals surface area contributed by atoms with Crippen molar-refractivity contribution in [3.8, 4) is 0 Å². The largest absolute Gasteiger partial charge is 0.384 e. The molecule has 6 heteroatoms. The number of likely N-dealkylation sites (N-methyl/N-ethyl adjacent to an activating group) is 1. The molecule has 128 valence electrons. The minimum atomic E-state index is -0.103. The maximum absolute atomic E-state index is 12.5. The average molecular weight is 355 g/mol. The lowest BCUT2D eigenvalue weighted by Crippen LogP contribution is -2.27. The van der Waals surface area contributed by atoms with Crippen molar-refractivity contribution in [2.45, 2.75) is 13.0 Å². The molecule has 3 aromatic rings. The minimum Gasteiger partial charge on any atom is -0.384 e. The number of rotatable bonds is 4. The molecule has 1 unspecified atom stereocenters. The summed E-state index contributed by atoms with van der Waals surface area (Å²) in [7, 11) is 1.78. The lowest BCUT2D eigenvalue weighted by Gasteiger charge is -2.23. The molecule has 1 atom stereocenters. The van der Waals surface area contributed by atoms with Crippen LogP contribution in [0.5, 0.6) is 0 Å². The van der Waals surface area contributed by atoms with E-state index in [0.29, 0.717) is 10.8 Å². The van der Waals surface area contributed by atoms with E-state index in [1.807, 2.05) is 37.4 Å². The van der Waals surface area contributed by atoms with E-state index in [-0.39, 0.29) is 11.9 Å². The molecule has 3 rings (SSSR count). The molecular weight excluding hydrogens is 336 g/mol. The van der Waals surface area contributed by atoms with Crippen LogP contribution in [-0.2, 0) is 4.79 Å². The number of carbonyl (C=O) groups excluding carboxylic acids is 1. The number of aromatic nitrogens is 2. The van der Waals surface area contributed by atoms with Gasteiger partial charge in [-0.2, -0.15) is 0 Å². The van der Waals surface area contributed by atoms with Crippen LogP contribution < -0.4 is 5.73 Å². The summed E-state index contributed by atoms with van der Waals surface area (Å²) in [6, 6.07) is 9.16. The van der Waals surface area contributed by atoms with Gasteiger partial charge in [-0.1, -0.05) is 23.7 Å². The fourth-order valence-corrected chi connectivity index (χ4v) is 2.91. The molecule has 0 fully saturated rings. The summed E-state index contributed by atoms with van der Waals surface area (Å²) in [5.41, 5.74) is 8.29. The maximum Gasteiger partial charge on any atom is 0.246 e. The molecule has 5 nitrogen and oxygen atoms in total. The Labute approximate surface area is 151 Å². The summed E-state index contributed by atoms with van der Waals surface area (Å²) >= 11 is 6.21. The molecule has 0 aliphatic carbocycles. The Bertz CT molecular complexity index is 930. The zero-order valence-corrected chi connectivity index (χ0v) is 14.8. The zero-order valence-electron chi connectivity index (χ0n) is 14.0. The number of amides is 1. The number of nitrogens with one attached hydrogen (secondary N) is 1. The molecule has 0 aliphatic rings. The fourth-order valence-electron chi connectivity index (χ4n) is 2.68. The fraction of sp³-hybridized carbons (Fsp3) is 0.158. The molecule has 0 radical (unpaired) electrons. The summed E-state index contributed by atoms with van der Waals surface area (Å²) in [6.07, 6.45) is 6.79. The molecule has 0 bridgehead atoms. The number of nitrogens with two attached hydrogens (primary N) is 1. The number of halogens is 1. The van der Waals surface area contributed by atoms with Crippen molar-refractivity contribution in [2.24, 2.45) is 0 Å². The molecule has 0 saturated heterocycles. The predicted octanol–water partition coefficient (Wildman–Crippen LogP) is 4.03. The van der Waals surface area contributed by atoms with E-state index in [1.54, 1.807) is 30.3 Å². The Morgan fingerprint density at radius 1 is 1.36 bits per heavy atom. The van der Waals surface area contributed by atoms with Gasteiger partial charge in [-0.25, -0.2) is 4.98 Å². The number of para-hydroxylation sites is 1. The van der Waals surface area contributed by atoms with Crippen LogP contribution in [0.2, 0.25) is 5.02 Å². The molecule has 3 N–H and O–H groups in total. The van der Waals surface area contributed by atoms with Gasteiger partial charge in [0.05, 0.1) is 16.6 Å². The number of anilines is 1. The van der Waals surface area contributed by atoms with Gasteiger partial charge < -0.3 is 15.6 Å². The molecule has 0 aliphatic heterocycles. The number of benzene rings is 1. The van der Waals surface area contributed by atoms with Crippen LogP contribution in [0, 0.1) is 0 Å².